The number of hydrogen-bond acceptors (Lipinski definition) is 6. The second-order valence-electron chi connectivity index (χ2n) is 9.23. The molecule has 1 unspecified atom stereocenters. The SMILES string of the molecule is CCCCc1nc2c(n1Cc1ccc(-c3ccccc3-c3nn[nH]n3)cc1)C(C(=O)O)N(C(C)=O)CC2.[H-].[H-].[Na+].[Na+]. The molecule has 2 N–H and O–H groups in total. The molecule has 39 heavy (non-hydrogen) atoms. The number of aryl methyl sites for hydroxylation is 1. The van der Waals surface area contributed by atoms with Gasteiger partial charge in [0.25, 0.3) is 0 Å². The molecule has 1 aliphatic heterocycles. The Morgan fingerprint density at radius 3 is 2.44 bits per heavy atom. The van der Waals surface area contributed by atoms with Crippen molar-refractivity contribution in [3.8, 4) is 22.5 Å². The maximum atomic E-state index is 12.3. The number of tetrazole rings is 1. The van der Waals surface area contributed by atoms with Crippen LogP contribution in [0.5, 0.6) is 0 Å². The van der Waals surface area contributed by atoms with E-state index in [2.05, 4.69) is 27.5 Å². The number of rotatable bonds is 8. The Kier molecular flexibility index (Phi) is 11.1. The number of hydrogen-bond donors (Lipinski definition) is 2. The maximum Gasteiger partial charge on any atom is 1.00 e. The molecule has 10 nitrogen and oxygen atoms in total. The van der Waals surface area contributed by atoms with Gasteiger partial charge in [0.05, 0.1) is 11.4 Å². The number of aromatic nitrogens is 6. The van der Waals surface area contributed by atoms with Crippen molar-refractivity contribution in [3.05, 3.63) is 71.3 Å². The number of nitrogens with zero attached hydrogens (tertiary/aromatic N) is 6. The van der Waals surface area contributed by atoms with Crippen LogP contribution in [0, 0.1) is 0 Å². The summed E-state index contributed by atoms with van der Waals surface area (Å²) >= 11 is 0. The van der Waals surface area contributed by atoms with Gasteiger partial charge in [-0.2, -0.15) is 5.21 Å². The van der Waals surface area contributed by atoms with Crippen molar-refractivity contribution in [3.63, 3.8) is 0 Å². The average Bonchev–Trinajstić information content (AvgIpc) is 3.56. The summed E-state index contributed by atoms with van der Waals surface area (Å²) < 4.78 is 2.02. The molecule has 0 spiro atoms. The zero-order chi connectivity index (χ0) is 25.9. The number of nitrogens with one attached hydrogen (secondary N) is 1. The molecule has 0 saturated carbocycles. The molecule has 0 fully saturated rings. The summed E-state index contributed by atoms with van der Waals surface area (Å²) in [6.45, 7) is 4.38. The molecule has 3 heterocycles. The minimum Gasteiger partial charge on any atom is -1.00 e. The minimum absolute atomic E-state index is 0. The first-order valence-electron chi connectivity index (χ1n) is 12.5. The second kappa shape index (κ2) is 13.8. The summed E-state index contributed by atoms with van der Waals surface area (Å²) in [6, 6.07) is 15.0. The number of carbonyl (C=O) groups excluding carboxylic acids is 1. The van der Waals surface area contributed by atoms with Crippen LogP contribution < -0.4 is 59.1 Å². The van der Waals surface area contributed by atoms with Crippen LogP contribution in [0.1, 0.15) is 58.4 Å². The first kappa shape index (κ1) is 31.2. The Morgan fingerprint density at radius 2 is 1.82 bits per heavy atom. The predicted octanol–water partition coefficient (Wildman–Crippen LogP) is -2.12. The largest absolute Gasteiger partial charge is 1.00 e. The Labute approximate surface area is 274 Å². The smallest absolute Gasteiger partial charge is 1.00 e. The molecule has 0 saturated heterocycles. The normalized spacial score (nSPS) is 14.2. The van der Waals surface area contributed by atoms with Crippen molar-refractivity contribution in [2.24, 2.45) is 0 Å². The predicted molar refractivity (Wildman–Crippen MR) is 139 cm³/mol. The van der Waals surface area contributed by atoms with Gasteiger partial charge in [0.1, 0.15) is 5.82 Å². The van der Waals surface area contributed by atoms with Gasteiger partial charge in [-0.3, -0.25) is 4.79 Å². The van der Waals surface area contributed by atoms with Gasteiger partial charge in [-0.05, 0) is 28.3 Å². The third kappa shape index (κ3) is 6.53. The van der Waals surface area contributed by atoms with Crippen molar-refractivity contribution >= 4 is 11.9 Å². The third-order valence-electron chi connectivity index (χ3n) is 6.83. The summed E-state index contributed by atoms with van der Waals surface area (Å²) in [4.78, 5) is 30.9. The summed E-state index contributed by atoms with van der Waals surface area (Å²) in [6.07, 6.45) is 3.27. The number of imidazole rings is 1. The van der Waals surface area contributed by atoms with E-state index in [0.717, 1.165) is 53.0 Å². The number of fused-ring (bicyclic) bond motifs is 1. The van der Waals surface area contributed by atoms with Gasteiger partial charge in [-0.25, -0.2) is 9.78 Å². The monoisotopic (exact) mass is 547 g/mol. The van der Waals surface area contributed by atoms with E-state index in [4.69, 9.17) is 4.98 Å². The Balaban J connectivity index is 0.00000210. The number of carboxylic acids is 1. The molecular formula is C27H31N7Na2O3. The molecule has 5 rings (SSSR count). The van der Waals surface area contributed by atoms with Crippen LogP contribution >= 0.6 is 0 Å². The van der Waals surface area contributed by atoms with Crippen LogP contribution in [0.3, 0.4) is 0 Å². The van der Waals surface area contributed by atoms with Gasteiger partial charge >= 0.3 is 65.1 Å². The topological polar surface area (TPSA) is 130 Å². The van der Waals surface area contributed by atoms with E-state index in [1.165, 1.54) is 11.8 Å². The molecule has 1 atom stereocenters. The van der Waals surface area contributed by atoms with E-state index < -0.39 is 12.0 Å². The van der Waals surface area contributed by atoms with Gasteiger partial charge < -0.3 is 17.4 Å². The fraction of sp³-hybridized carbons (Fsp3) is 0.333. The number of carbonyl (C=O) groups is 2. The molecule has 0 radical (unpaired) electrons. The Bertz CT molecular complexity index is 1430. The zero-order valence-corrected chi connectivity index (χ0v) is 26.9. The van der Waals surface area contributed by atoms with Crippen LogP contribution in [0.15, 0.2) is 48.5 Å². The van der Waals surface area contributed by atoms with Crippen molar-refractivity contribution in [2.45, 2.75) is 52.1 Å². The van der Waals surface area contributed by atoms with E-state index in [1.54, 1.807) is 0 Å². The molecule has 194 valence electrons. The van der Waals surface area contributed by atoms with E-state index in [0.29, 0.717) is 31.0 Å². The van der Waals surface area contributed by atoms with Crippen LogP contribution in [-0.2, 0) is 29.0 Å². The molecule has 12 heteroatoms. The van der Waals surface area contributed by atoms with Crippen molar-refractivity contribution < 1.29 is 76.7 Å². The van der Waals surface area contributed by atoms with E-state index in [9.17, 15) is 14.7 Å². The number of amides is 1. The zero-order valence-electron chi connectivity index (χ0n) is 24.9. The van der Waals surface area contributed by atoms with Gasteiger partial charge in [0, 0.05) is 38.4 Å². The summed E-state index contributed by atoms with van der Waals surface area (Å²) in [5, 5.41) is 24.5. The van der Waals surface area contributed by atoms with Gasteiger partial charge in [-0.1, -0.05) is 61.9 Å². The third-order valence-corrected chi connectivity index (χ3v) is 6.83. The van der Waals surface area contributed by atoms with Crippen molar-refractivity contribution in [1.29, 1.82) is 0 Å². The van der Waals surface area contributed by atoms with E-state index >= 15 is 0 Å². The summed E-state index contributed by atoms with van der Waals surface area (Å²) in [5.41, 5.74) is 5.29. The molecule has 1 amide bonds. The quantitative estimate of drug-likeness (QED) is 0.242. The maximum absolute atomic E-state index is 12.3. The number of aliphatic carboxylic acids is 1. The number of unbranched alkanes of at least 4 members (excludes halogenated alkanes) is 1. The van der Waals surface area contributed by atoms with E-state index in [-0.39, 0.29) is 67.9 Å². The van der Waals surface area contributed by atoms with Crippen molar-refractivity contribution in [2.75, 3.05) is 6.54 Å². The van der Waals surface area contributed by atoms with Crippen molar-refractivity contribution in [1.82, 2.24) is 35.1 Å². The molecule has 0 bridgehead atoms. The first-order chi connectivity index (χ1) is 18.0. The summed E-state index contributed by atoms with van der Waals surface area (Å²) in [7, 11) is 0. The summed E-state index contributed by atoms with van der Waals surface area (Å²) in [5.74, 6) is 0.119. The van der Waals surface area contributed by atoms with Gasteiger partial charge in [0.2, 0.25) is 11.7 Å². The first-order valence-corrected chi connectivity index (χ1v) is 12.5. The molecule has 2 aromatic heterocycles. The Morgan fingerprint density at radius 1 is 1.10 bits per heavy atom. The fourth-order valence-corrected chi connectivity index (χ4v) is 5.03. The van der Waals surface area contributed by atoms with Crippen LogP contribution in [0.4, 0.5) is 0 Å². The fourth-order valence-electron chi connectivity index (χ4n) is 5.03. The van der Waals surface area contributed by atoms with Gasteiger partial charge in [0.15, 0.2) is 6.04 Å². The van der Waals surface area contributed by atoms with E-state index in [1.807, 2.05) is 53.1 Å². The molecule has 4 aromatic rings. The van der Waals surface area contributed by atoms with Crippen LogP contribution in [-0.4, -0.2) is 58.6 Å². The number of aromatic amines is 1. The second-order valence-corrected chi connectivity index (χ2v) is 9.23. The van der Waals surface area contributed by atoms with Crippen LogP contribution in [0.2, 0.25) is 0 Å². The molecule has 2 aromatic carbocycles. The average molecular weight is 548 g/mol. The van der Waals surface area contributed by atoms with Crippen LogP contribution in [0.25, 0.3) is 22.5 Å². The number of carboxylic acid groups (broad SMARTS) is 1. The Hall–Kier alpha value is -2.34. The molecular weight excluding hydrogens is 516 g/mol. The van der Waals surface area contributed by atoms with Gasteiger partial charge in [-0.15, -0.1) is 10.2 Å². The number of benzene rings is 2. The molecule has 0 aliphatic carbocycles. The standard InChI is InChI=1S/C27H29N7O3.2Na.2H/c1-3-4-9-23-28-22-14-15-33(17(2)35)25(27(36)37)24(22)34(23)16-18-10-12-19(13-11-18)20-7-5-6-8-21(20)26-29-31-32-30-26;;;;/h5-8,10-13,25H,3-4,9,14-16H2,1-2H3,(H,36,37)(H,29,30,31,32);;;;/q;2*+1;2*-1. The molecule has 1 aliphatic rings. The minimum atomic E-state index is -1.04. The number of H-pyrrole nitrogens is 1.